The number of hydrogen-bond donors (Lipinski definition) is 1. The summed E-state index contributed by atoms with van der Waals surface area (Å²) < 4.78 is 29.7. The van der Waals surface area contributed by atoms with Gasteiger partial charge < -0.3 is 10.2 Å². The van der Waals surface area contributed by atoms with Crippen LogP contribution in [0.3, 0.4) is 0 Å². The molecule has 2 atom stereocenters. The van der Waals surface area contributed by atoms with E-state index >= 15 is 0 Å². The summed E-state index contributed by atoms with van der Waals surface area (Å²) in [6, 6.07) is 22.3. The van der Waals surface area contributed by atoms with E-state index in [-0.39, 0.29) is 23.4 Å². The molecule has 0 aromatic heterocycles. The van der Waals surface area contributed by atoms with Gasteiger partial charge in [-0.2, -0.15) is 0 Å². The normalized spacial score (nSPS) is 12.8. The Kier molecular flexibility index (Phi) is 11.3. The molecule has 7 nitrogen and oxygen atoms in total. The van der Waals surface area contributed by atoms with E-state index in [0.29, 0.717) is 18.5 Å². The number of sulfonamides is 1. The fraction of sp³-hybridized carbons (Fsp3) is 0.355. The molecule has 0 aliphatic rings. The van der Waals surface area contributed by atoms with Crippen LogP contribution in [0.25, 0.3) is 0 Å². The van der Waals surface area contributed by atoms with Gasteiger partial charge in [0.05, 0.1) is 10.6 Å². The van der Waals surface area contributed by atoms with Crippen molar-refractivity contribution in [3.63, 3.8) is 0 Å². The van der Waals surface area contributed by atoms with E-state index in [0.717, 1.165) is 26.3 Å². The van der Waals surface area contributed by atoms with E-state index in [2.05, 4.69) is 21.2 Å². The minimum Gasteiger partial charge on any atom is -0.352 e. The molecule has 214 valence electrons. The molecule has 0 unspecified atom stereocenters. The van der Waals surface area contributed by atoms with Gasteiger partial charge in [0.25, 0.3) is 10.0 Å². The van der Waals surface area contributed by atoms with Gasteiger partial charge in [0.1, 0.15) is 12.6 Å². The molecule has 1 N–H and O–H groups in total. The van der Waals surface area contributed by atoms with E-state index in [4.69, 9.17) is 0 Å². The number of hydrogen-bond acceptors (Lipinski definition) is 4. The molecule has 0 radical (unpaired) electrons. The average Bonchev–Trinajstić information content (AvgIpc) is 2.95. The zero-order valence-corrected chi connectivity index (χ0v) is 25.9. The molecule has 3 aromatic carbocycles. The first-order valence-electron chi connectivity index (χ1n) is 13.6. The molecule has 3 rings (SSSR count). The number of nitrogens with zero attached hydrogens (tertiary/aromatic N) is 2. The molecular weight excluding hydrogens is 590 g/mol. The van der Waals surface area contributed by atoms with Gasteiger partial charge in [0, 0.05) is 17.1 Å². The van der Waals surface area contributed by atoms with Crippen molar-refractivity contribution in [3.8, 4) is 0 Å². The van der Waals surface area contributed by atoms with Crippen molar-refractivity contribution in [2.75, 3.05) is 17.4 Å². The highest BCUT2D eigenvalue weighted by Gasteiger charge is 2.33. The summed E-state index contributed by atoms with van der Waals surface area (Å²) in [6.07, 6.45) is 1.68. The zero-order valence-electron chi connectivity index (χ0n) is 23.5. The summed E-state index contributed by atoms with van der Waals surface area (Å²) >= 11 is 3.40. The Labute approximate surface area is 246 Å². The topological polar surface area (TPSA) is 86.8 Å². The summed E-state index contributed by atoms with van der Waals surface area (Å²) in [4.78, 5) is 29.0. The van der Waals surface area contributed by atoms with E-state index in [9.17, 15) is 18.0 Å². The highest BCUT2D eigenvalue weighted by molar-refractivity contribution is 9.10. The second-order valence-electron chi connectivity index (χ2n) is 9.87. The number of nitrogens with one attached hydrogen (secondary N) is 1. The smallest absolute Gasteiger partial charge is 0.264 e. The summed E-state index contributed by atoms with van der Waals surface area (Å²) in [7, 11) is -4.09. The fourth-order valence-corrected chi connectivity index (χ4v) is 5.99. The molecule has 40 heavy (non-hydrogen) atoms. The van der Waals surface area contributed by atoms with Crippen LogP contribution in [0, 0.1) is 6.92 Å². The molecule has 0 heterocycles. The second kappa shape index (κ2) is 14.5. The number of rotatable bonds is 13. The van der Waals surface area contributed by atoms with Gasteiger partial charge in [-0.05, 0) is 75.1 Å². The van der Waals surface area contributed by atoms with E-state index in [1.54, 1.807) is 48.5 Å². The first-order valence-corrected chi connectivity index (χ1v) is 15.8. The number of aryl methyl sites for hydroxylation is 1. The SMILES string of the molecule is CC[C@@H](C)NC(=O)[C@@H](CC)N(CCc1ccccc1)C(=O)CN(c1ccc(Br)cc1)S(=O)(=O)c1ccc(C)cc1. The molecular formula is C31H38BrN3O4S. The third-order valence-electron chi connectivity index (χ3n) is 6.87. The van der Waals surface area contributed by atoms with Crippen LogP contribution in [0.15, 0.2) is 88.2 Å². The Bertz CT molecular complexity index is 1360. The number of carbonyl (C=O) groups is 2. The van der Waals surface area contributed by atoms with Crippen LogP contribution in [0.1, 0.15) is 44.7 Å². The molecule has 9 heteroatoms. The van der Waals surface area contributed by atoms with Crippen molar-refractivity contribution in [2.24, 2.45) is 0 Å². The Hall–Kier alpha value is -3.17. The standard InChI is InChI=1S/C31H38BrN3O4S/c1-5-24(4)33-31(37)29(6-2)34(21-20-25-10-8-7-9-11-25)30(36)22-35(27-16-14-26(32)15-17-27)40(38,39)28-18-12-23(3)13-19-28/h7-19,24,29H,5-6,20-22H2,1-4H3,(H,33,37)/t24-,29-/m1/s1. The minimum absolute atomic E-state index is 0.0474. The van der Waals surface area contributed by atoms with Gasteiger partial charge >= 0.3 is 0 Å². The van der Waals surface area contributed by atoms with Crippen molar-refractivity contribution >= 4 is 43.5 Å². The van der Waals surface area contributed by atoms with Gasteiger partial charge in [0.2, 0.25) is 11.8 Å². The fourth-order valence-electron chi connectivity index (χ4n) is 4.31. The number of carbonyl (C=O) groups excluding carboxylic acids is 2. The number of anilines is 1. The first-order chi connectivity index (χ1) is 19.1. The molecule has 0 saturated heterocycles. The lowest BCUT2D eigenvalue weighted by molar-refractivity contribution is -0.139. The predicted molar refractivity (Wildman–Crippen MR) is 164 cm³/mol. The highest BCUT2D eigenvalue weighted by Crippen LogP contribution is 2.26. The van der Waals surface area contributed by atoms with Crippen molar-refractivity contribution < 1.29 is 18.0 Å². The summed E-state index contributed by atoms with van der Waals surface area (Å²) in [5.74, 6) is -0.685. The van der Waals surface area contributed by atoms with Crippen LogP contribution in [0.5, 0.6) is 0 Å². The van der Waals surface area contributed by atoms with Crippen LogP contribution in [-0.4, -0.2) is 50.3 Å². The Balaban J connectivity index is 2.00. The molecule has 3 aromatic rings. The van der Waals surface area contributed by atoms with Gasteiger partial charge in [-0.3, -0.25) is 13.9 Å². The van der Waals surface area contributed by atoms with Crippen molar-refractivity contribution in [2.45, 2.75) is 63.9 Å². The number of halogens is 1. The third kappa shape index (κ3) is 8.17. The summed E-state index contributed by atoms with van der Waals surface area (Å²) in [5.41, 5.74) is 2.31. The average molecular weight is 629 g/mol. The number of benzene rings is 3. The van der Waals surface area contributed by atoms with Gasteiger partial charge in [-0.1, -0.05) is 77.8 Å². The van der Waals surface area contributed by atoms with Gasteiger partial charge in [-0.25, -0.2) is 8.42 Å². The molecule has 0 fully saturated rings. The highest BCUT2D eigenvalue weighted by atomic mass is 79.9. The maximum absolute atomic E-state index is 14.0. The molecule has 0 saturated carbocycles. The summed E-state index contributed by atoms with van der Waals surface area (Å²) in [5, 5.41) is 3.00. The maximum atomic E-state index is 14.0. The van der Waals surface area contributed by atoms with Crippen LogP contribution < -0.4 is 9.62 Å². The molecule has 2 amide bonds. The largest absolute Gasteiger partial charge is 0.352 e. The van der Waals surface area contributed by atoms with E-state index in [1.807, 2.05) is 58.0 Å². The number of amides is 2. The van der Waals surface area contributed by atoms with Crippen LogP contribution in [-0.2, 0) is 26.0 Å². The van der Waals surface area contributed by atoms with Crippen LogP contribution in [0.4, 0.5) is 5.69 Å². The molecule has 0 aliphatic carbocycles. The molecule has 0 aliphatic heterocycles. The van der Waals surface area contributed by atoms with Crippen LogP contribution >= 0.6 is 15.9 Å². The van der Waals surface area contributed by atoms with Gasteiger partial charge in [-0.15, -0.1) is 0 Å². The van der Waals surface area contributed by atoms with Crippen LogP contribution in [0.2, 0.25) is 0 Å². The predicted octanol–water partition coefficient (Wildman–Crippen LogP) is 5.72. The first kappa shape index (κ1) is 31.4. The molecule has 0 spiro atoms. The van der Waals surface area contributed by atoms with Gasteiger partial charge in [0.15, 0.2) is 0 Å². The monoisotopic (exact) mass is 627 g/mol. The quantitative estimate of drug-likeness (QED) is 0.263. The molecule has 0 bridgehead atoms. The lowest BCUT2D eigenvalue weighted by Crippen LogP contribution is -2.54. The van der Waals surface area contributed by atoms with Crippen molar-refractivity contribution in [1.29, 1.82) is 0 Å². The maximum Gasteiger partial charge on any atom is 0.264 e. The third-order valence-corrected chi connectivity index (χ3v) is 9.19. The van der Waals surface area contributed by atoms with E-state index in [1.165, 1.54) is 4.90 Å². The van der Waals surface area contributed by atoms with Crippen molar-refractivity contribution in [3.05, 3.63) is 94.5 Å². The zero-order chi connectivity index (χ0) is 29.3. The van der Waals surface area contributed by atoms with E-state index < -0.39 is 28.5 Å². The summed E-state index contributed by atoms with van der Waals surface area (Å²) in [6.45, 7) is 7.47. The lowest BCUT2D eigenvalue weighted by Gasteiger charge is -2.33. The van der Waals surface area contributed by atoms with Crippen molar-refractivity contribution in [1.82, 2.24) is 10.2 Å². The minimum atomic E-state index is -4.09. The Morgan fingerprint density at radius 1 is 0.900 bits per heavy atom. The Morgan fingerprint density at radius 2 is 1.52 bits per heavy atom. The second-order valence-corrected chi connectivity index (χ2v) is 12.6. The Morgan fingerprint density at radius 3 is 2.10 bits per heavy atom. The lowest BCUT2D eigenvalue weighted by atomic mass is 10.1.